The second-order valence-corrected chi connectivity index (χ2v) is 7.71. The highest BCUT2D eigenvalue weighted by atomic mass is 19.3. The fourth-order valence-corrected chi connectivity index (χ4v) is 4.07. The first-order chi connectivity index (χ1) is 13.9. The van der Waals surface area contributed by atoms with Crippen LogP contribution in [0, 0.1) is 6.92 Å². The molecule has 3 aromatic heterocycles. The van der Waals surface area contributed by atoms with Crippen molar-refractivity contribution in [2.45, 2.75) is 57.3 Å². The molecule has 1 saturated carbocycles. The van der Waals surface area contributed by atoms with E-state index in [4.69, 9.17) is 0 Å². The summed E-state index contributed by atoms with van der Waals surface area (Å²) < 4.78 is 29.3. The predicted octanol–water partition coefficient (Wildman–Crippen LogP) is 3.32. The van der Waals surface area contributed by atoms with Gasteiger partial charge < -0.3 is 10.4 Å². The highest BCUT2D eigenvalue weighted by Crippen LogP contribution is 2.26. The zero-order valence-electron chi connectivity index (χ0n) is 16.5. The molecule has 0 aromatic carbocycles. The van der Waals surface area contributed by atoms with E-state index < -0.39 is 12.7 Å². The van der Waals surface area contributed by atoms with E-state index in [-0.39, 0.29) is 17.8 Å². The Morgan fingerprint density at radius 3 is 2.52 bits per heavy atom. The van der Waals surface area contributed by atoms with Gasteiger partial charge in [-0.3, -0.25) is 14.4 Å². The molecular weight excluding hydrogens is 378 g/mol. The van der Waals surface area contributed by atoms with E-state index in [0.717, 1.165) is 42.8 Å². The van der Waals surface area contributed by atoms with Crippen molar-refractivity contribution >= 4 is 11.5 Å². The van der Waals surface area contributed by atoms with Crippen LogP contribution in [-0.2, 0) is 7.05 Å². The Morgan fingerprint density at radius 1 is 1.14 bits per heavy atom. The second kappa shape index (κ2) is 8.08. The molecule has 7 nitrogen and oxygen atoms in total. The average Bonchev–Trinajstić information content (AvgIpc) is 3.27. The molecule has 9 heteroatoms. The Kier molecular flexibility index (Phi) is 5.51. The van der Waals surface area contributed by atoms with Gasteiger partial charge >= 0.3 is 0 Å². The summed E-state index contributed by atoms with van der Waals surface area (Å²) in [7, 11) is 1.84. The van der Waals surface area contributed by atoms with Crippen molar-refractivity contribution in [1.82, 2.24) is 24.5 Å². The van der Waals surface area contributed by atoms with Crippen LogP contribution < -0.4 is 10.6 Å². The number of hydrogen-bond acceptors (Lipinski definition) is 5. The number of aromatic nitrogens is 4. The zero-order chi connectivity index (χ0) is 20.5. The van der Waals surface area contributed by atoms with Crippen LogP contribution >= 0.6 is 0 Å². The van der Waals surface area contributed by atoms with Gasteiger partial charge in [0.15, 0.2) is 0 Å². The number of aliphatic hydroxyl groups is 1. The lowest BCUT2D eigenvalue weighted by Gasteiger charge is -2.31. The van der Waals surface area contributed by atoms with Gasteiger partial charge in [-0.15, -0.1) is 0 Å². The highest BCUT2D eigenvalue weighted by Gasteiger charge is 2.25. The number of imidazole rings is 1. The van der Waals surface area contributed by atoms with Gasteiger partial charge in [-0.1, -0.05) is 6.07 Å². The van der Waals surface area contributed by atoms with E-state index in [0.29, 0.717) is 5.65 Å². The van der Waals surface area contributed by atoms with Gasteiger partial charge in [0.2, 0.25) is 0 Å². The summed E-state index contributed by atoms with van der Waals surface area (Å²) >= 11 is 0. The number of rotatable bonds is 6. The maximum atomic E-state index is 13.0. The molecule has 0 aliphatic heterocycles. The number of hydrogen-bond donors (Lipinski definition) is 3. The van der Waals surface area contributed by atoms with Gasteiger partial charge in [0.1, 0.15) is 23.4 Å². The van der Waals surface area contributed by atoms with Crippen molar-refractivity contribution in [3.05, 3.63) is 47.5 Å². The second-order valence-electron chi connectivity index (χ2n) is 7.71. The van der Waals surface area contributed by atoms with E-state index in [1.165, 1.54) is 6.20 Å². The van der Waals surface area contributed by atoms with Gasteiger partial charge in [0.05, 0.1) is 5.69 Å². The number of halogens is 2. The minimum absolute atomic E-state index is 0.216. The van der Waals surface area contributed by atoms with Crippen LogP contribution in [0.15, 0.2) is 30.6 Å². The summed E-state index contributed by atoms with van der Waals surface area (Å²) in [6.45, 7) is 1.89. The Hall–Kier alpha value is -2.52. The highest BCUT2D eigenvalue weighted by molar-refractivity contribution is 5.51. The Labute approximate surface area is 167 Å². The number of aliphatic hydroxyl groups excluding tert-OH is 1. The van der Waals surface area contributed by atoms with Gasteiger partial charge in [-0.2, -0.15) is 5.10 Å². The number of aryl methyl sites for hydroxylation is 2. The lowest BCUT2D eigenvalue weighted by molar-refractivity contribution is 0.112. The molecule has 3 N–H and O–H groups in total. The molecule has 0 saturated heterocycles. The Bertz CT molecular complexity index is 977. The van der Waals surface area contributed by atoms with Crippen molar-refractivity contribution in [1.29, 1.82) is 0 Å². The lowest BCUT2D eigenvalue weighted by atomic mass is 9.91. The molecule has 3 heterocycles. The summed E-state index contributed by atoms with van der Waals surface area (Å²) in [5.74, 6) is 0.768. The van der Waals surface area contributed by atoms with Crippen LogP contribution in [0.25, 0.3) is 5.65 Å². The van der Waals surface area contributed by atoms with Crippen LogP contribution in [0.2, 0.25) is 0 Å². The molecule has 29 heavy (non-hydrogen) atoms. The van der Waals surface area contributed by atoms with E-state index >= 15 is 0 Å². The SMILES string of the molecule is Cc1nn(C)cc1C(O)NC1CCC(Nc2cccc3nc(C(F)F)cn23)CC1. The first kappa shape index (κ1) is 19.8. The normalized spacial score (nSPS) is 21.0. The monoisotopic (exact) mass is 404 g/mol. The molecule has 4 rings (SSSR count). The van der Waals surface area contributed by atoms with Gasteiger partial charge in [0.25, 0.3) is 6.43 Å². The molecular formula is C20H26F2N6O. The third-order valence-corrected chi connectivity index (χ3v) is 5.55. The maximum absolute atomic E-state index is 13.0. The predicted molar refractivity (Wildman–Crippen MR) is 106 cm³/mol. The number of alkyl halides is 2. The Morgan fingerprint density at radius 2 is 1.86 bits per heavy atom. The molecule has 1 aliphatic carbocycles. The van der Waals surface area contributed by atoms with Crippen LogP contribution in [0.5, 0.6) is 0 Å². The van der Waals surface area contributed by atoms with E-state index in [9.17, 15) is 13.9 Å². The van der Waals surface area contributed by atoms with E-state index in [2.05, 4.69) is 20.7 Å². The molecule has 0 amide bonds. The largest absolute Gasteiger partial charge is 0.374 e. The van der Waals surface area contributed by atoms with E-state index in [1.807, 2.05) is 32.3 Å². The van der Waals surface area contributed by atoms with Gasteiger partial charge in [0, 0.05) is 37.1 Å². The minimum Gasteiger partial charge on any atom is -0.374 e. The minimum atomic E-state index is -2.58. The molecule has 1 atom stereocenters. The fraction of sp³-hybridized carbons (Fsp3) is 0.500. The van der Waals surface area contributed by atoms with Crippen LogP contribution in [0.4, 0.5) is 14.6 Å². The third-order valence-electron chi connectivity index (χ3n) is 5.55. The fourth-order valence-electron chi connectivity index (χ4n) is 4.07. The van der Waals surface area contributed by atoms with Crippen molar-refractivity contribution < 1.29 is 13.9 Å². The molecule has 3 aromatic rings. The number of fused-ring (bicyclic) bond motifs is 1. The topological polar surface area (TPSA) is 79.4 Å². The molecule has 0 radical (unpaired) electrons. The Balaban J connectivity index is 1.35. The molecule has 156 valence electrons. The number of anilines is 1. The maximum Gasteiger partial charge on any atom is 0.281 e. The summed E-state index contributed by atoms with van der Waals surface area (Å²) in [5.41, 5.74) is 1.91. The van der Waals surface area contributed by atoms with Crippen LogP contribution in [-0.4, -0.2) is 36.4 Å². The van der Waals surface area contributed by atoms with Crippen LogP contribution in [0.1, 0.15) is 55.3 Å². The standard InChI is InChI=1S/C20H26F2N6O/c1-12-15(10-27(2)26-12)20(29)24-14-8-6-13(7-9-14)23-17-4-3-5-18-25-16(19(21)22)11-28(17)18/h3-5,10-11,13-14,19-20,23-24,29H,6-9H2,1-2H3. The van der Waals surface area contributed by atoms with Crippen LogP contribution in [0.3, 0.4) is 0 Å². The number of pyridine rings is 1. The summed E-state index contributed by atoms with van der Waals surface area (Å²) in [6.07, 6.45) is 3.57. The van der Waals surface area contributed by atoms with Gasteiger partial charge in [-0.05, 0) is 44.7 Å². The lowest BCUT2D eigenvalue weighted by Crippen LogP contribution is -2.39. The molecule has 1 aliphatic rings. The first-order valence-electron chi connectivity index (χ1n) is 9.87. The summed E-state index contributed by atoms with van der Waals surface area (Å²) in [6, 6.07) is 5.88. The summed E-state index contributed by atoms with van der Waals surface area (Å²) in [4.78, 5) is 3.98. The quantitative estimate of drug-likeness (QED) is 0.550. The van der Waals surface area contributed by atoms with E-state index in [1.54, 1.807) is 15.1 Å². The van der Waals surface area contributed by atoms with Crippen molar-refractivity contribution in [3.8, 4) is 0 Å². The zero-order valence-corrected chi connectivity index (χ0v) is 16.5. The van der Waals surface area contributed by atoms with Crippen molar-refractivity contribution in [2.24, 2.45) is 7.05 Å². The van der Waals surface area contributed by atoms with Crippen molar-refractivity contribution in [2.75, 3.05) is 5.32 Å². The number of nitrogens with one attached hydrogen (secondary N) is 2. The summed E-state index contributed by atoms with van der Waals surface area (Å²) in [5, 5.41) is 21.5. The number of nitrogens with zero attached hydrogens (tertiary/aromatic N) is 4. The third kappa shape index (κ3) is 4.25. The average molecular weight is 404 g/mol. The molecule has 0 bridgehead atoms. The molecule has 0 spiro atoms. The molecule has 1 unspecified atom stereocenters. The van der Waals surface area contributed by atoms with Crippen molar-refractivity contribution in [3.63, 3.8) is 0 Å². The molecule has 1 fully saturated rings. The smallest absolute Gasteiger partial charge is 0.281 e. The first-order valence-corrected chi connectivity index (χ1v) is 9.87. The van der Waals surface area contributed by atoms with Gasteiger partial charge in [-0.25, -0.2) is 13.8 Å².